The van der Waals surface area contributed by atoms with Crippen LogP contribution in [-0.4, -0.2) is 12.1 Å². The minimum atomic E-state index is -0.198. The molecule has 1 saturated carbocycles. The number of benzene rings is 1. The molecular weight excluding hydrogens is 235 g/mol. The number of hydrogen-bond donors (Lipinski definition) is 2. The van der Waals surface area contributed by atoms with Gasteiger partial charge in [0.1, 0.15) is 0 Å². The summed E-state index contributed by atoms with van der Waals surface area (Å²) in [5.74, 6) is 0. The van der Waals surface area contributed by atoms with Crippen molar-refractivity contribution < 1.29 is 4.79 Å². The maximum atomic E-state index is 11.4. The highest BCUT2D eigenvalue weighted by Crippen LogP contribution is 2.25. The molecule has 15 heavy (non-hydrogen) atoms. The number of halogens is 2. The Morgan fingerprint density at radius 3 is 2.60 bits per heavy atom. The Balaban J connectivity index is 1.97. The van der Waals surface area contributed by atoms with E-state index in [0.717, 1.165) is 12.8 Å². The smallest absolute Gasteiger partial charge is 0.319 e. The Bertz CT molecular complexity index is 391. The van der Waals surface area contributed by atoms with Gasteiger partial charge in [-0.05, 0) is 31.0 Å². The molecule has 0 heterocycles. The average Bonchev–Trinajstić information content (AvgIpc) is 2.95. The molecule has 0 aromatic heterocycles. The van der Waals surface area contributed by atoms with Crippen molar-refractivity contribution in [2.75, 3.05) is 5.32 Å². The van der Waals surface area contributed by atoms with Crippen molar-refractivity contribution in [2.45, 2.75) is 18.9 Å². The summed E-state index contributed by atoms with van der Waals surface area (Å²) in [4.78, 5) is 11.4. The van der Waals surface area contributed by atoms with Crippen LogP contribution >= 0.6 is 23.2 Å². The topological polar surface area (TPSA) is 41.1 Å². The largest absolute Gasteiger partial charge is 0.335 e. The van der Waals surface area contributed by atoms with Gasteiger partial charge in [0.05, 0.1) is 10.0 Å². The standard InChI is InChI=1S/C10H10Cl2N2O/c11-8-4-3-7(5-9(8)12)14-10(15)13-6-1-2-6/h3-6H,1-2H2,(H2,13,14,15). The minimum Gasteiger partial charge on any atom is -0.335 e. The van der Waals surface area contributed by atoms with Gasteiger partial charge in [-0.1, -0.05) is 23.2 Å². The van der Waals surface area contributed by atoms with E-state index >= 15 is 0 Å². The number of nitrogens with one attached hydrogen (secondary N) is 2. The molecule has 0 bridgehead atoms. The van der Waals surface area contributed by atoms with Crippen LogP contribution in [0.25, 0.3) is 0 Å². The SMILES string of the molecule is O=C(Nc1ccc(Cl)c(Cl)c1)NC1CC1. The van der Waals surface area contributed by atoms with E-state index in [1.807, 2.05) is 0 Å². The van der Waals surface area contributed by atoms with E-state index in [0.29, 0.717) is 21.8 Å². The lowest BCUT2D eigenvalue weighted by Gasteiger charge is -2.07. The van der Waals surface area contributed by atoms with Gasteiger partial charge in [0.15, 0.2) is 0 Å². The fraction of sp³-hybridized carbons (Fsp3) is 0.300. The van der Waals surface area contributed by atoms with Gasteiger partial charge in [-0.15, -0.1) is 0 Å². The van der Waals surface area contributed by atoms with Gasteiger partial charge in [-0.3, -0.25) is 0 Å². The zero-order valence-electron chi connectivity index (χ0n) is 7.89. The second kappa shape index (κ2) is 4.29. The van der Waals surface area contributed by atoms with Crippen molar-refractivity contribution in [1.29, 1.82) is 0 Å². The van der Waals surface area contributed by atoms with Crippen molar-refractivity contribution in [3.63, 3.8) is 0 Å². The Kier molecular flexibility index (Phi) is 3.03. The number of rotatable bonds is 2. The van der Waals surface area contributed by atoms with Crippen molar-refractivity contribution in [2.24, 2.45) is 0 Å². The van der Waals surface area contributed by atoms with Crippen LogP contribution in [0.2, 0.25) is 10.0 Å². The van der Waals surface area contributed by atoms with E-state index in [1.165, 1.54) is 0 Å². The first-order chi connectivity index (χ1) is 7.15. The Morgan fingerprint density at radius 1 is 1.27 bits per heavy atom. The minimum absolute atomic E-state index is 0.198. The molecular formula is C10H10Cl2N2O. The van der Waals surface area contributed by atoms with E-state index < -0.39 is 0 Å². The Labute approximate surface area is 97.8 Å². The molecule has 2 amide bonds. The Hall–Kier alpha value is -0.930. The zero-order chi connectivity index (χ0) is 10.8. The number of anilines is 1. The summed E-state index contributed by atoms with van der Waals surface area (Å²) < 4.78 is 0. The molecule has 0 spiro atoms. The molecule has 1 aliphatic rings. The normalized spacial score (nSPS) is 14.8. The molecule has 3 nitrogen and oxygen atoms in total. The third-order valence-electron chi connectivity index (χ3n) is 2.09. The number of hydrogen-bond acceptors (Lipinski definition) is 1. The van der Waals surface area contributed by atoms with E-state index in [2.05, 4.69) is 10.6 Å². The lowest BCUT2D eigenvalue weighted by molar-refractivity contribution is 0.251. The van der Waals surface area contributed by atoms with Gasteiger partial charge in [0.2, 0.25) is 0 Å². The highest BCUT2D eigenvalue weighted by molar-refractivity contribution is 6.42. The molecule has 1 aromatic rings. The molecule has 0 atom stereocenters. The van der Waals surface area contributed by atoms with E-state index in [4.69, 9.17) is 23.2 Å². The lowest BCUT2D eigenvalue weighted by atomic mass is 10.3. The molecule has 0 saturated heterocycles. The first-order valence-electron chi connectivity index (χ1n) is 4.68. The van der Waals surface area contributed by atoms with Crippen LogP contribution in [-0.2, 0) is 0 Å². The first-order valence-corrected chi connectivity index (χ1v) is 5.43. The molecule has 1 fully saturated rings. The summed E-state index contributed by atoms with van der Waals surface area (Å²) in [6, 6.07) is 5.12. The van der Waals surface area contributed by atoms with Crippen LogP contribution in [0.5, 0.6) is 0 Å². The predicted octanol–water partition coefficient (Wildman–Crippen LogP) is 3.28. The number of urea groups is 1. The second-order valence-electron chi connectivity index (χ2n) is 3.50. The third-order valence-corrected chi connectivity index (χ3v) is 2.83. The van der Waals surface area contributed by atoms with Gasteiger partial charge >= 0.3 is 6.03 Å². The van der Waals surface area contributed by atoms with Gasteiger partial charge in [-0.25, -0.2) is 4.79 Å². The molecule has 0 radical (unpaired) electrons. The summed E-state index contributed by atoms with van der Waals surface area (Å²) in [7, 11) is 0. The molecule has 0 aliphatic heterocycles. The molecule has 2 N–H and O–H groups in total. The summed E-state index contributed by atoms with van der Waals surface area (Å²) in [6.45, 7) is 0. The molecule has 2 rings (SSSR count). The highest BCUT2D eigenvalue weighted by atomic mass is 35.5. The van der Waals surface area contributed by atoms with Crippen molar-refractivity contribution >= 4 is 34.9 Å². The molecule has 80 valence electrons. The summed E-state index contributed by atoms with van der Waals surface area (Å²) >= 11 is 11.6. The molecule has 1 aromatic carbocycles. The van der Waals surface area contributed by atoms with Crippen molar-refractivity contribution in [1.82, 2.24) is 5.32 Å². The van der Waals surface area contributed by atoms with E-state index in [-0.39, 0.29) is 6.03 Å². The van der Waals surface area contributed by atoms with Gasteiger partial charge in [0, 0.05) is 11.7 Å². The van der Waals surface area contributed by atoms with Crippen LogP contribution in [0.1, 0.15) is 12.8 Å². The molecule has 1 aliphatic carbocycles. The number of carbonyl (C=O) groups is 1. The summed E-state index contributed by atoms with van der Waals surface area (Å²) in [5, 5.41) is 6.41. The fourth-order valence-corrected chi connectivity index (χ4v) is 1.45. The second-order valence-corrected chi connectivity index (χ2v) is 4.32. The third kappa shape index (κ3) is 3.01. The maximum absolute atomic E-state index is 11.4. The van der Waals surface area contributed by atoms with E-state index in [9.17, 15) is 4.79 Å². The Morgan fingerprint density at radius 2 is 2.00 bits per heavy atom. The maximum Gasteiger partial charge on any atom is 0.319 e. The van der Waals surface area contributed by atoms with Gasteiger partial charge in [-0.2, -0.15) is 0 Å². The van der Waals surface area contributed by atoms with Crippen molar-refractivity contribution in [3.8, 4) is 0 Å². The van der Waals surface area contributed by atoms with Crippen LogP contribution in [0.15, 0.2) is 18.2 Å². The van der Waals surface area contributed by atoms with Crippen LogP contribution in [0, 0.1) is 0 Å². The highest BCUT2D eigenvalue weighted by Gasteiger charge is 2.23. The van der Waals surface area contributed by atoms with Gasteiger partial charge in [0.25, 0.3) is 0 Å². The van der Waals surface area contributed by atoms with Crippen molar-refractivity contribution in [3.05, 3.63) is 28.2 Å². The number of carbonyl (C=O) groups excluding carboxylic acids is 1. The average molecular weight is 245 g/mol. The summed E-state index contributed by atoms with van der Waals surface area (Å²) in [6.07, 6.45) is 2.13. The molecule has 5 heteroatoms. The lowest BCUT2D eigenvalue weighted by Crippen LogP contribution is -2.30. The zero-order valence-corrected chi connectivity index (χ0v) is 9.40. The quantitative estimate of drug-likeness (QED) is 0.824. The van der Waals surface area contributed by atoms with Gasteiger partial charge < -0.3 is 10.6 Å². The molecule has 0 unspecified atom stereocenters. The van der Waals surface area contributed by atoms with Crippen LogP contribution < -0.4 is 10.6 Å². The monoisotopic (exact) mass is 244 g/mol. The van der Waals surface area contributed by atoms with Crippen LogP contribution in [0.3, 0.4) is 0 Å². The first kappa shape index (κ1) is 10.6. The van der Waals surface area contributed by atoms with Crippen LogP contribution in [0.4, 0.5) is 10.5 Å². The predicted molar refractivity (Wildman–Crippen MR) is 61.6 cm³/mol. The summed E-state index contributed by atoms with van der Waals surface area (Å²) in [5.41, 5.74) is 0.641. The van der Waals surface area contributed by atoms with E-state index in [1.54, 1.807) is 18.2 Å². The fourth-order valence-electron chi connectivity index (χ4n) is 1.15. The number of amides is 2.